The van der Waals surface area contributed by atoms with Crippen molar-refractivity contribution in [2.24, 2.45) is 0 Å². The number of ether oxygens (including phenoxy) is 1. The van der Waals surface area contributed by atoms with Crippen LogP contribution in [0.2, 0.25) is 0 Å². The molecule has 0 atom stereocenters. The van der Waals surface area contributed by atoms with E-state index in [1.807, 2.05) is 0 Å². The molecule has 0 saturated carbocycles. The summed E-state index contributed by atoms with van der Waals surface area (Å²) in [6.45, 7) is 0. The summed E-state index contributed by atoms with van der Waals surface area (Å²) in [5.41, 5.74) is -2.66. The summed E-state index contributed by atoms with van der Waals surface area (Å²) in [6.07, 6.45) is -3.09. The van der Waals surface area contributed by atoms with Gasteiger partial charge in [-0.3, -0.25) is 10.1 Å². The largest absolute Gasteiger partial charge is 0.465 e. The molecule has 0 aromatic heterocycles. The molecule has 0 aliphatic rings. The van der Waals surface area contributed by atoms with Gasteiger partial charge in [-0.2, -0.15) is 5.26 Å². The van der Waals surface area contributed by atoms with E-state index in [0.29, 0.717) is 6.07 Å². The van der Waals surface area contributed by atoms with Crippen LogP contribution >= 0.6 is 0 Å². The van der Waals surface area contributed by atoms with Gasteiger partial charge in [0.1, 0.15) is 11.6 Å². The predicted molar refractivity (Wildman–Crippen MR) is 54.1 cm³/mol. The molecule has 0 saturated heterocycles. The number of hydrogen-bond acceptors (Lipinski definition) is 5. The van der Waals surface area contributed by atoms with Crippen LogP contribution in [0.5, 0.6) is 0 Å². The van der Waals surface area contributed by atoms with Crippen molar-refractivity contribution >= 4 is 11.7 Å². The van der Waals surface area contributed by atoms with Crippen LogP contribution in [0.25, 0.3) is 0 Å². The van der Waals surface area contributed by atoms with Crippen molar-refractivity contribution in [2.45, 2.75) is 6.43 Å². The summed E-state index contributed by atoms with van der Waals surface area (Å²) in [5, 5.41) is 19.3. The van der Waals surface area contributed by atoms with E-state index in [-0.39, 0.29) is 0 Å². The number of carbonyl (C=O) groups excluding carboxylic acids is 1. The van der Waals surface area contributed by atoms with Crippen LogP contribution in [0.15, 0.2) is 12.1 Å². The Hall–Kier alpha value is -2.56. The maximum absolute atomic E-state index is 12.7. The Kier molecular flexibility index (Phi) is 3.89. The fourth-order valence-corrected chi connectivity index (χ4v) is 1.31. The maximum atomic E-state index is 12.7. The number of nitriles is 1. The molecule has 0 N–H and O–H groups in total. The number of esters is 1. The number of methoxy groups -OCH3 is 1. The molecule has 0 radical (unpaired) electrons. The molecule has 0 spiro atoms. The summed E-state index contributed by atoms with van der Waals surface area (Å²) in [5.74, 6) is -1.09. The molecule has 8 heteroatoms. The van der Waals surface area contributed by atoms with Crippen LogP contribution in [0.1, 0.15) is 27.9 Å². The van der Waals surface area contributed by atoms with Crippen LogP contribution in [0.3, 0.4) is 0 Å². The molecule has 18 heavy (non-hydrogen) atoms. The quantitative estimate of drug-likeness (QED) is 0.469. The highest BCUT2D eigenvalue weighted by Crippen LogP contribution is 2.30. The third-order valence-corrected chi connectivity index (χ3v) is 2.13. The van der Waals surface area contributed by atoms with Crippen molar-refractivity contribution in [3.05, 3.63) is 38.9 Å². The third kappa shape index (κ3) is 2.40. The van der Waals surface area contributed by atoms with Crippen molar-refractivity contribution in [1.29, 1.82) is 5.26 Å². The smallest absolute Gasteiger partial charge is 0.338 e. The zero-order valence-corrected chi connectivity index (χ0v) is 9.02. The normalized spacial score (nSPS) is 9.94. The monoisotopic (exact) mass is 256 g/mol. The summed E-state index contributed by atoms with van der Waals surface area (Å²) in [6, 6.07) is 2.71. The number of rotatable bonds is 3. The van der Waals surface area contributed by atoms with Gasteiger partial charge in [-0.1, -0.05) is 0 Å². The Balaban J connectivity index is 3.58. The third-order valence-electron chi connectivity index (χ3n) is 2.13. The fourth-order valence-electron chi connectivity index (χ4n) is 1.31. The molecule has 6 nitrogen and oxygen atoms in total. The van der Waals surface area contributed by atoms with Crippen LogP contribution in [-0.2, 0) is 4.74 Å². The molecule has 0 fully saturated rings. The maximum Gasteiger partial charge on any atom is 0.338 e. The molecule has 0 amide bonds. The molecule has 0 heterocycles. The minimum absolute atomic E-state index is 0.482. The van der Waals surface area contributed by atoms with E-state index >= 15 is 0 Å². The van der Waals surface area contributed by atoms with Crippen LogP contribution in [0.4, 0.5) is 14.5 Å². The lowest BCUT2D eigenvalue weighted by Gasteiger charge is -2.07. The van der Waals surface area contributed by atoms with Crippen molar-refractivity contribution in [1.82, 2.24) is 0 Å². The van der Waals surface area contributed by atoms with E-state index in [1.54, 1.807) is 0 Å². The Morgan fingerprint density at radius 3 is 2.56 bits per heavy atom. The first-order chi connectivity index (χ1) is 8.42. The number of nitro benzene ring substituents is 1. The number of hydrogen-bond donors (Lipinski definition) is 0. The zero-order valence-electron chi connectivity index (χ0n) is 9.02. The lowest BCUT2D eigenvalue weighted by Crippen LogP contribution is -2.08. The molecule has 0 unspecified atom stereocenters. The Morgan fingerprint density at radius 1 is 1.56 bits per heavy atom. The molecule has 94 valence electrons. The van der Waals surface area contributed by atoms with Gasteiger partial charge >= 0.3 is 5.97 Å². The standard InChI is InChI=1S/C10H6F2N2O4/c1-18-10(15)7-2-5(4-13)8(14(16)17)3-6(7)9(11)12/h2-3,9H,1H3. The summed E-state index contributed by atoms with van der Waals surface area (Å²) in [7, 11) is 0.977. The van der Waals surface area contributed by atoms with Crippen molar-refractivity contribution < 1.29 is 23.2 Å². The first kappa shape index (κ1) is 13.5. The molecule has 1 rings (SSSR count). The second kappa shape index (κ2) is 5.18. The first-order valence-corrected chi connectivity index (χ1v) is 4.51. The number of carbonyl (C=O) groups is 1. The predicted octanol–water partition coefficient (Wildman–Crippen LogP) is 2.19. The topological polar surface area (TPSA) is 93.2 Å². The van der Waals surface area contributed by atoms with Gasteiger partial charge in [0.15, 0.2) is 0 Å². The van der Waals surface area contributed by atoms with E-state index in [2.05, 4.69) is 4.74 Å². The average Bonchev–Trinajstić information content (AvgIpc) is 2.35. The summed E-state index contributed by atoms with van der Waals surface area (Å²) >= 11 is 0. The molecule has 1 aromatic carbocycles. The highest BCUT2D eigenvalue weighted by Gasteiger charge is 2.26. The number of halogens is 2. The molecule has 0 bridgehead atoms. The van der Waals surface area contributed by atoms with Gasteiger partial charge < -0.3 is 4.74 Å². The lowest BCUT2D eigenvalue weighted by molar-refractivity contribution is -0.385. The van der Waals surface area contributed by atoms with E-state index in [9.17, 15) is 23.7 Å². The number of benzene rings is 1. The van der Waals surface area contributed by atoms with Crippen molar-refractivity contribution in [3.63, 3.8) is 0 Å². The minimum Gasteiger partial charge on any atom is -0.465 e. The molecule has 0 aliphatic carbocycles. The van der Waals surface area contributed by atoms with Crippen LogP contribution < -0.4 is 0 Å². The minimum atomic E-state index is -3.09. The number of nitro groups is 1. The average molecular weight is 256 g/mol. The van der Waals surface area contributed by atoms with Gasteiger partial charge in [0.2, 0.25) is 0 Å². The highest BCUT2D eigenvalue weighted by molar-refractivity contribution is 5.92. The number of nitrogens with zero attached hydrogens (tertiary/aromatic N) is 2. The lowest BCUT2D eigenvalue weighted by atomic mass is 10.0. The SMILES string of the molecule is COC(=O)c1cc(C#N)c([N+](=O)[O-])cc1C(F)F. The molecular weight excluding hydrogens is 250 g/mol. The molecular formula is C10H6F2N2O4. The van der Waals surface area contributed by atoms with E-state index in [0.717, 1.165) is 13.2 Å². The Bertz CT molecular complexity index is 552. The van der Waals surface area contributed by atoms with Gasteiger partial charge in [-0.05, 0) is 6.07 Å². The van der Waals surface area contributed by atoms with Crippen molar-refractivity contribution in [3.8, 4) is 6.07 Å². The second-order valence-corrected chi connectivity index (χ2v) is 3.12. The zero-order chi connectivity index (χ0) is 13.9. The summed E-state index contributed by atoms with van der Waals surface area (Å²) < 4.78 is 29.7. The van der Waals surface area contributed by atoms with Gasteiger partial charge in [-0.15, -0.1) is 0 Å². The van der Waals surface area contributed by atoms with Gasteiger partial charge in [0.25, 0.3) is 12.1 Å². The second-order valence-electron chi connectivity index (χ2n) is 3.12. The highest BCUT2D eigenvalue weighted by atomic mass is 19.3. The number of alkyl halides is 2. The van der Waals surface area contributed by atoms with Gasteiger partial charge in [-0.25, -0.2) is 13.6 Å². The van der Waals surface area contributed by atoms with Crippen LogP contribution in [0, 0.1) is 21.4 Å². The van der Waals surface area contributed by atoms with E-state index < -0.39 is 39.7 Å². The van der Waals surface area contributed by atoms with Gasteiger partial charge in [0.05, 0.1) is 17.6 Å². The molecule has 0 aliphatic heterocycles. The summed E-state index contributed by atoms with van der Waals surface area (Å²) in [4.78, 5) is 20.9. The Labute approximate surface area is 99.5 Å². The van der Waals surface area contributed by atoms with Crippen molar-refractivity contribution in [2.75, 3.05) is 7.11 Å². The Morgan fingerprint density at radius 2 is 2.17 bits per heavy atom. The van der Waals surface area contributed by atoms with Crippen LogP contribution in [-0.4, -0.2) is 18.0 Å². The van der Waals surface area contributed by atoms with E-state index in [4.69, 9.17) is 5.26 Å². The van der Waals surface area contributed by atoms with E-state index in [1.165, 1.54) is 6.07 Å². The fraction of sp³-hybridized carbons (Fsp3) is 0.200. The molecule has 1 aromatic rings. The first-order valence-electron chi connectivity index (χ1n) is 4.51. The van der Waals surface area contributed by atoms with Gasteiger partial charge in [0, 0.05) is 11.6 Å².